The topological polar surface area (TPSA) is 84.2 Å². The van der Waals surface area contributed by atoms with Crippen LogP contribution in [0.3, 0.4) is 0 Å². The molecule has 3 heterocycles. The van der Waals surface area contributed by atoms with Gasteiger partial charge in [-0.1, -0.05) is 30.3 Å². The largest absolute Gasteiger partial charge is 0.466 e. The SMILES string of the molecule is Cc1cc(C(=O)N[C@]2(c3ccccc3)CCN(CC3OCCO3)C[C@H]2O)c(C)o1. The van der Waals surface area contributed by atoms with E-state index in [1.165, 1.54) is 0 Å². The highest BCUT2D eigenvalue weighted by atomic mass is 16.7. The van der Waals surface area contributed by atoms with Crippen molar-refractivity contribution in [2.24, 2.45) is 0 Å². The Balaban J connectivity index is 1.57. The van der Waals surface area contributed by atoms with Crippen LogP contribution in [0.2, 0.25) is 0 Å². The van der Waals surface area contributed by atoms with E-state index < -0.39 is 11.6 Å². The summed E-state index contributed by atoms with van der Waals surface area (Å²) in [6.07, 6.45) is -0.457. The highest BCUT2D eigenvalue weighted by Gasteiger charge is 2.45. The van der Waals surface area contributed by atoms with Crippen molar-refractivity contribution in [3.05, 3.63) is 59.0 Å². The highest BCUT2D eigenvalue weighted by molar-refractivity contribution is 5.96. The van der Waals surface area contributed by atoms with Crippen LogP contribution >= 0.6 is 0 Å². The summed E-state index contributed by atoms with van der Waals surface area (Å²) >= 11 is 0. The second kappa shape index (κ2) is 8.28. The third kappa shape index (κ3) is 4.09. The van der Waals surface area contributed by atoms with E-state index in [0.29, 0.717) is 56.4 Å². The average molecular weight is 400 g/mol. The maximum absolute atomic E-state index is 13.1. The third-order valence-corrected chi connectivity index (χ3v) is 5.83. The molecule has 2 aromatic rings. The molecule has 2 atom stereocenters. The van der Waals surface area contributed by atoms with E-state index >= 15 is 0 Å². The molecule has 7 nitrogen and oxygen atoms in total. The van der Waals surface area contributed by atoms with Crippen molar-refractivity contribution in [3.63, 3.8) is 0 Å². The number of hydrogen-bond acceptors (Lipinski definition) is 6. The monoisotopic (exact) mass is 400 g/mol. The number of likely N-dealkylation sites (tertiary alicyclic amines) is 1. The molecule has 156 valence electrons. The Hall–Kier alpha value is -2.19. The van der Waals surface area contributed by atoms with Crippen LogP contribution < -0.4 is 5.32 Å². The van der Waals surface area contributed by atoms with Gasteiger partial charge in [0.05, 0.1) is 30.4 Å². The van der Waals surface area contributed by atoms with Gasteiger partial charge in [0.25, 0.3) is 5.91 Å². The molecular formula is C22H28N2O5. The third-order valence-electron chi connectivity index (χ3n) is 5.83. The molecule has 7 heteroatoms. The zero-order chi connectivity index (χ0) is 20.4. The van der Waals surface area contributed by atoms with Crippen LogP contribution in [0, 0.1) is 13.8 Å². The van der Waals surface area contributed by atoms with Gasteiger partial charge >= 0.3 is 0 Å². The number of aliphatic hydroxyl groups is 1. The molecule has 0 radical (unpaired) electrons. The number of benzene rings is 1. The lowest BCUT2D eigenvalue weighted by molar-refractivity contribution is -0.0853. The van der Waals surface area contributed by atoms with Crippen molar-refractivity contribution < 1.29 is 23.8 Å². The molecule has 29 heavy (non-hydrogen) atoms. The van der Waals surface area contributed by atoms with Crippen LogP contribution in [0.4, 0.5) is 0 Å². The average Bonchev–Trinajstić information content (AvgIpc) is 3.33. The van der Waals surface area contributed by atoms with Gasteiger partial charge in [-0.2, -0.15) is 0 Å². The summed E-state index contributed by atoms with van der Waals surface area (Å²) in [5.74, 6) is 1.03. The van der Waals surface area contributed by atoms with Gasteiger partial charge in [0.15, 0.2) is 6.29 Å². The zero-order valence-electron chi connectivity index (χ0n) is 16.9. The summed E-state index contributed by atoms with van der Waals surface area (Å²) in [4.78, 5) is 15.2. The Kier molecular flexibility index (Phi) is 5.74. The standard InChI is InChI=1S/C22H28N2O5/c1-15-12-18(16(2)29-15)21(26)23-22(17-6-4-3-5-7-17)8-9-24(13-19(22)25)14-20-27-10-11-28-20/h3-7,12,19-20,25H,8-11,13-14H2,1-2H3,(H,23,26)/t19-,22+/m1/s1. The summed E-state index contributed by atoms with van der Waals surface area (Å²) in [6.45, 7) is 6.54. The van der Waals surface area contributed by atoms with Crippen molar-refractivity contribution in [1.82, 2.24) is 10.2 Å². The number of β-amino-alcohol motifs (C(OH)–C–C–N with tert-alkyl or cyclic N) is 1. The molecule has 2 aliphatic rings. The zero-order valence-corrected chi connectivity index (χ0v) is 16.9. The summed E-state index contributed by atoms with van der Waals surface area (Å²) in [6, 6.07) is 11.4. The Morgan fingerprint density at radius 2 is 1.97 bits per heavy atom. The maximum atomic E-state index is 13.1. The minimum atomic E-state index is -0.871. The first-order valence-electron chi connectivity index (χ1n) is 10.1. The van der Waals surface area contributed by atoms with Gasteiger partial charge < -0.3 is 24.3 Å². The number of furan rings is 1. The van der Waals surface area contributed by atoms with E-state index in [-0.39, 0.29) is 12.2 Å². The van der Waals surface area contributed by atoms with Gasteiger partial charge in [-0.3, -0.25) is 9.69 Å². The van der Waals surface area contributed by atoms with Crippen LogP contribution in [0.25, 0.3) is 0 Å². The molecular weight excluding hydrogens is 372 g/mol. The van der Waals surface area contributed by atoms with Gasteiger partial charge in [0, 0.05) is 19.6 Å². The molecule has 0 saturated carbocycles. The molecule has 0 aliphatic carbocycles. The molecule has 2 saturated heterocycles. The second-order valence-corrected chi connectivity index (χ2v) is 7.81. The first-order chi connectivity index (χ1) is 14.0. The fraction of sp³-hybridized carbons (Fsp3) is 0.500. The van der Waals surface area contributed by atoms with Crippen LogP contribution in [-0.4, -0.2) is 61.2 Å². The highest BCUT2D eigenvalue weighted by Crippen LogP contribution is 2.34. The molecule has 2 aliphatic heterocycles. The van der Waals surface area contributed by atoms with Crippen molar-refractivity contribution >= 4 is 5.91 Å². The minimum Gasteiger partial charge on any atom is -0.466 e. The normalized spacial score (nSPS) is 26.0. The first-order valence-corrected chi connectivity index (χ1v) is 10.1. The lowest BCUT2D eigenvalue weighted by Gasteiger charge is -2.46. The molecule has 0 spiro atoms. The van der Waals surface area contributed by atoms with Crippen LogP contribution in [-0.2, 0) is 15.0 Å². The Labute approximate surface area is 170 Å². The molecule has 1 aromatic carbocycles. The maximum Gasteiger partial charge on any atom is 0.255 e. The molecule has 4 rings (SSSR count). The van der Waals surface area contributed by atoms with Gasteiger partial charge in [0.1, 0.15) is 11.5 Å². The van der Waals surface area contributed by atoms with Gasteiger partial charge in [-0.15, -0.1) is 0 Å². The van der Waals surface area contributed by atoms with E-state index in [9.17, 15) is 9.90 Å². The summed E-state index contributed by atoms with van der Waals surface area (Å²) in [5, 5.41) is 14.4. The van der Waals surface area contributed by atoms with E-state index in [0.717, 1.165) is 5.56 Å². The van der Waals surface area contributed by atoms with Gasteiger partial charge in [-0.05, 0) is 31.9 Å². The predicted molar refractivity (Wildman–Crippen MR) is 107 cm³/mol. The van der Waals surface area contributed by atoms with Gasteiger partial charge in [-0.25, -0.2) is 0 Å². The van der Waals surface area contributed by atoms with Crippen molar-refractivity contribution in [2.45, 2.75) is 38.2 Å². The number of piperidine rings is 1. The number of nitrogens with zero attached hydrogens (tertiary/aromatic N) is 1. The summed E-state index contributed by atoms with van der Waals surface area (Å²) < 4.78 is 16.6. The smallest absolute Gasteiger partial charge is 0.255 e. The molecule has 0 bridgehead atoms. The number of carbonyl (C=O) groups excluding carboxylic acids is 1. The number of aryl methyl sites for hydroxylation is 2. The van der Waals surface area contributed by atoms with E-state index in [2.05, 4.69) is 10.2 Å². The van der Waals surface area contributed by atoms with Crippen molar-refractivity contribution in [1.29, 1.82) is 0 Å². The molecule has 1 aromatic heterocycles. The van der Waals surface area contributed by atoms with E-state index in [1.54, 1.807) is 13.0 Å². The fourth-order valence-corrected chi connectivity index (χ4v) is 4.30. The lowest BCUT2D eigenvalue weighted by atomic mass is 9.78. The number of rotatable bonds is 5. The molecule has 1 amide bonds. The van der Waals surface area contributed by atoms with Crippen LogP contribution in [0.5, 0.6) is 0 Å². The number of amides is 1. The Bertz CT molecular complexity index is 846. The van der Waals surface area contributed by atoms with Gasteiger partial charge in [0.2, 0.25) is 0 Å². The van der Waals surface area contributed by atoms with Crippen LogP contribution in [0.15, 0.2) is 40.8 Å². The summed E-state index contributed by atoms with van der Waals surface area (Å²) in [5.41, 5.74) is 0.524. The Morgan fingerprint density at radius 1 is 1.24 bits per heavy atom. The second-order valence-electron chi connectivity index (χ2n) is 7.81. The fourth-order valence-electron chi connectivity index (χ4n) is 4.30. The summed E-state index contributed by atoms with van der Waals surface area (Å²) in [7, 11) is 0. The van der Waals surface area contributed by atoms with Crippen molar-refractivity contribution in [3.8, 4) is 0 Å². The number of aliphatic hydroxyl groups excluding tert-OH is 1. The Morgan fingerprint density at radius 3 is 2.59 bits per heavy atom. The van der Waals surface area contributed by atoms with Crippen LogP contribution in [0.1, 0.15) is 33.9 Å². The number of carbonyl (C=O) groups is 1. The first kappa shape index (κ1) is 20.1. The molecule has 2 N–H and O–H groups in total. The van der Waals surface area contributed by atoms with E-state index in [1.807, 2.05) is 37.3 Å². The number of ether oxygens (including phenoxy) is 2. The molecule has 2 fully saturated rings. The number of nitrogens with one attached hydrogen (secondary N) is 1. The predicted octanol–water partition coefficient (Wildman–Crippen LogP) is 1.96. The minimum absolute atomic E-state index is 0.238. The van der Waals surface area contributed by atoms with E-state index in [4.69, 9.17) is 13.9 Å². The lowest BCUT2D eigenvalue weighted by Crippen LogP contribution is -2.62. The molecule has 0 unspecified atom stereocenters. The van der Waals surface area contributed by atoms with Crippen molar-refractivity contribution in [2.75, 3.05) is 32.8 Å². The quantitative estimate of drug-likeness (QED) is 0.798. The number of hydrogen-bond donors (Lipinski definition) is 2.